The van der Waals surface area contributed by atoms with E-state index in [0.29, 0.717) is 12.2 Å². The quantitative estimate of drug-likeness (QED) is 0.481. The van der Waals surface area contributed by atoms with Gasteiger partial charge >= 0.3 is 11.9 Å². The van der Waals surface area contributed by atoms with E-state index in [0.717, 1.165) is 11.1 Å². The van der Waals surface area contributed by atoms with Crippen molar-refractivity contribution in [3.05, 3.63) is 76.6 Å². The van der Waals surface area contributed by atoms with Crippen molar-refractivity contribution >= 4 is 11.9 Å². The number of rotatable bonds is 7. The summed E-state index contributed by atoms with van der Waals surface area (Å²) in [7, 11) is 0. The molecule has 1 aromatic heterocycles. The topological polar surface area (TPSA) is 155 Å². The Bertz CT molecular complexity index is 909. The molecule has 144 valence electrons. The number of nitrogens with one attached hydrogen (secondary N) is 1. The molecule has 0 aliphatic heterocycles. The average Bonchev–Trinajstić information content (AvgIpc) is 3.21. The number of nitrogens with two attached hydrogens (primary N) is 1. The SMILES string of the molecule is C[C@H](N)CC(c1ccc(C(=O)O)cc1)(c1ccc(C(=O)O)cc1)c1nn[nH]n1. The molecule has 0 spiro atoms. The van der Waals surface area contributed by atoms with Gasteiger partial charge in [-0.15, -0.1) is 10.2 Å². The number of aromatic nitrogens is 4. The van der Waals surface area contributed by atoms with Gasteiger partial charge in [-0.1, -0.05) is 29.5 Å². The summed E-state index contributed by atoms with van der Waals surface area (Å²) >= 11 is 0. The molecule has 0 aliphatic rings. The lowest BCUT2D eigenvalue weighted by Crippen LogP contribution is -2.37. The van der Waals surface area contributed by atoms with Crippen LogP contribution in [0.4, 0.5) is 0 Å². The second kappa shape index (κ2) is 7.57. The van der Waals surface area contributed by atoms with Gasteiger partial charge in [-0.05, 0) is 48.7 Å². The predicted octanol–water partition coefficient (Wildman–Crippen LogP) is 1.67. The second-order valence-electron chi connectivity index (χ2n) is 6.59. The fourth-order valence-corrected chi connectivity index (χ4v) is 3.37. The average molecular weight is 381 g/mol. The van der Waals surface area contributed by atoms with Gasteiger partial charge in [0.05, 0.1) is 16.5 Å². The third-order valence-electron chi connectivity index (χ3n) is 4.60. The standard InChI is InChI=1S/C19H19N5O4/c1-11(20)10-19(18-21-23-24-22-18,14-6-2-12(3-7-14)16(25)26)15-8-4-13(5-9-15)17(27)28/h2-9,11H,10,20H2,1H3,(H,25,26)(H,27,28)(H,21,22,23,24)/t11-/m0/s1. The van der Waals surface area contributed by atoms with Crippen molar-refractivity contribution < 1.29 is 19.8 Å². The first-order valence-corrected chi connectivity index (χ1v) is 8.52. The Hall–Kier alpha value is -3.59. The fourth-order valence-electron chi connectivity index (χ4n) is 3.37. The molecule has 28 heavy (non-hydrogen) atoms. The van der Waals surface area contributed by atoms with E-state index in [1.807, 2.05) is 6.92 Å². The normalized spacial score (nSPS) is 12.5. The smallest absolute Gasteiger partial charge is 0.335 e. The molecule has 0 unspecified atom stereocenters. The van der Waals surface area contributed by atoms with Crippen LogP contribution in [0.5, 0.6) is 0 Å². The summed E-state index contributed by atoms with van der Waals surface area (Å²) in [5.41, 5.74) is 6.94. The Balaban J connectivity index is 2.24. The molecule has 2 aromatic carbocycles. The van der Waals surface area contributed by atoms with Crippen LogP contribution < -0.4 is 5.73 Å². The van der Waals surface area contributed by atoms with E-state index in [4.69, 9.17) is 5.73 Å². The van der Waals surface area contributed by atoms with Gasteiger partial charge in [0.25, 0.3) is 0 Å². The van der Waals surface area contributed by atoms with Gasteiger partial charge in [-0.3, -0.25) is 0 Å². The van der Waals surface area contributed by atoms with Crippen LogP contribution in [0, 0.1) is 0 Å². The highest BCUT2D eigenvalue weighted by Gasteiger charge is 2.41. The monoisotopic (exact) mass is 381 g/mol. The summed E-state index contributed by atoms with van der Waals surface area (Å²) < 4.78 is 0. The highest BCUT2D eigenvalue weighted by Crippen LogP contribution is 2.41. The molecule has 0 saturated heterocycles. The van der Waals surface area contributed by atoms with Gasteiger partial charge in [0.15, 0.2) is 5.82 Å². The molecule has 1 heterocycles. The molecule has 3 rings (SSSR count). The third-order valence-corrected chi connectivity index (χ3v) is 4.60. The van der Waals surface area contributed by atoms with E-state index in [1.165, 1.54) is 24.3 Å². The van der Waals surface area contributed by atoms with Gasteiger partial charge in [-0.2, -0.15) is 5.21 Å². The third kappa shape index (κ3) is 3.47. The molecule has 0 amide bonds. The predicted molar refractivity (Wildman–Crippen MR) is 99.1 cm³/mol. The summed E-state index contributed by atoms with van der Waals surface area (Å²) in [5, 5.41) is 32.9. The van der Waals surface area contributed by atoms with Crippen molar-refractivity contribution in [1.29, 1.82) is 0 Å². The van der Waals surface area contributed by atoms with Crippen molar-refractivity contribution in [3.63, 3.8) is 0 Å². The van der Waals surface area contributed by atoms with Crippen LogP contribution in [0.25, 0.3) is 0 Å². The number of tetrazole rings is 1. The maximum absolute atomic E-state index is 11.2. The summed E-state index contributed by atoms with van der Waals surface area (Å²) in [6.07, 6.45) is 0.394. The number of aromatic carboxylic acids is 2. The number of carbonyl (C=O) groups is 2. The number of carboxylic acid groups (broad SMARTS) is 2. The van der Waals surface area contributed by atoms with Gasteiger partial charge in [0.2, 0.25) is 0 Å². The molecule has 9 heteroatoms. The van der Waals surface area contributed by atoms with Crippen molar-refractivity contribution in [1.82, 2.24) is 20.6 Å². The zero-order valence-corrected chi connectivity index (χ0v) is 15.0. The van der Waals surface area contributed by atoms with Crippen LogP contribution in [-0.2, 0) is 5.41 Å². The molecular formula is C19H19N5O4. The van der Waals surface area contributed by atoms with Crippen molar-refractivity contribution in [2.75, 3.05) is 0 Å². The number of H-pyrrole nitrogens is 1. The lowest BCUT2D eigenvalue weighted by Gasteiger charge is -2.33. The minimum absolute atomic E-state index is 0.146. The van der Waals surface area contributed by atoms with E-state index in [-0.39, 0.29) is 17.2 Å². The number of hydrogen-bond acceptors (Lipinski definition) is 6. The van der Waals surface area contributed by atoms with E-state index < -0.39 is 17.4 Å². The number of carboxylic acids is 2. The summed E-state index contributed by atoms with van der Waals surface area (Å²) in [6.45, 7) is 1.84. The molecule has 1 atom stereocenters. The van der Waals surface area contributed by atoms with Gasteiger partial charge < -0.3 is 15.9 Å². The maximum atomic E-state index is 11.2. The first-order chi connectivity index (χ1) is 13.3. The second-order valence-corrected chi connectivity index (χ2v) is 6.59. The van der Waals surface area contributed by atoms with E-state index in [1.54, 1.807) is 24.3 Å². The van der Waals surface area contributed by atoms with Gasteiger partial charge in [0.1, 0.15) is 0 Å². The lowest BCUT2D eigenvalue weighted by atomic mass is 9.69. The highest BCUT2D eigenvalue weighted by molar-refractivity contribution is 5.88. The highest BCUT2D eigenvalue weighted by atomic mass is 16.4. The summed E-state index contributed by atoms with van der Waals surface area (Å²) in [6, 6.07) is 12.5. The van der Waals surface area contributed by atoms with E-state index in [9.17, 15) is 19.8 Å². The molecule has 0 radical (unpaired) electrons. The minimum atomic E-state index is -1.03. The van der Waals surface area contributed by atoms with E-state index in [2.05, 4.69) is 20.6 Å². The van der Waals surface area contributed by atoms with Gasteiger partial charge in [-0.25, -0.2) is 9.59 Å². The summed E-state index contributed by atoms with van der Waals surface area (Å²) in [5.74, 6) is -1.71. The van der Waals surface area contributed by atoms with Crippen LogP contribution >= 0.6 is 0 Å². The fraction of sp³-hybridized carbons (Fsp3) is 0.211. The van der Waals surface area contributed by atoms with Crippen LogP contribution in [0.3, 0.4) is 0 Å². The van der Waals surface area contributed by atoms with E-state index >= 15 is 0 Å². The molecule has 0 bridgehead atoms. The van der Waals surface area contributed by atoms with Crippen molar-refractivity contribution in [2.45, 2.75) is 24.8 Å². The largest absolute Gasteiger partial charge is 0.478 e. The molecule has 9 nitrogen and oxygen atoms in total. The molecule has 5 N–H and O–H groups in total. The molecular weight excluding hydrogens is 362 g/mol. The lowest BCUT2D eigenvalue weighted by molar-refractivity contribution is 0.0686. The molecule has 0 fully saturated rings. The Kier molecular flexibility index (Phi) is 5.18. The Labute approximate surface area is 160 Å². The van der Waals surface area contributed by atoms with Crippen LogP contribution in [0.1, 0.15) is 51.0 Å². The Morgan fingerprint density at radius 1 is 1.00 bits per heavy atom. The number of nitrogens with zero attached hydrogens (tertiary/aromatic N) is 3. The minimum Gasteiger partial charge on any atom is -0.478 e. The Morgan fingerprint density at radius 3 is 1.79 bits per heavy atom. The summed E-state index contributed by atoms with van der Waals surface area (Å²) in [4.78, 5) is 22.4. The first kappa shape index (κ1) is 19.2. The number of benzene rings is 2. The first-order valence-electron chi connectivity index (χ1n) is 8.52. The zero-order valence-electron chi connectivity index (χ0n) is 15.0. The van der Waals surface area contributed by atoms with Crippen molar-refractivity contribution in [2.24, 2.45) is 5.73 Å². The maximum Gasteiger partial charge on any atom is 0.335 e. The molecule has 0 saturated carbocycles. The van der Waals surface area contributed by atoms with Crippen LogP contribution in [0.15, 0.2) is 48.5 Å². The Morgan fingerprint density at radius 2 is 1.46 bits per heavy atom. The zero-order chi connectivity index (χ0) is 20.3. The molecule has 3 aromatic rings. The molecule has 0 aliphatic carbocycles. The van der Waals surface area contributed by atoms with Gasteiger partial charge in [0, 0.05) is 6.04 Å². The van der Waals surface area contributed by atoms with Crippen molar-refractivity contribution in [3.8, 4) is 0 Å². The van der Waals surface area contributed by atoms with Crippen LogP contribution in [-0.4, -0.2) is 48.8 Å². The number of aromatic amines is 1. The number of hydrogen-bond donors (Lipinski definition) is 4. The van der Waals surface area contributed by atoms with Crippen LogP contribution in [0.2, 0.25) is 0 Å².